The van der Waals surface area contributed by atoms with Crippen LogP contribution in [0.2, 0.25) is 0 Å². The molecule has 1 aliphatic carbocycles. The van der Waals surface area contributed by atoms with E-state index in [-0.39, 0.29) is 0 Å². The third kappa shape index (κ3) is 1.75. The SMILES string of the molecule is CC(C)(C(=O)O)c1csc(C2CC2(C)C)n1. The molecule has 1 aromatic rings. The van der Waals surface area contributed by atoms with Crippen molar-refractivity contribution in [2.75, 3.05) is 0 Å². The van der Waals surface area contributed by atoms with E-state index >= 15 is 0 Å². The number of carbonyl (C=O) groups is 1. The number of rotatable bonds is 3. The third-order valence-corrected chi connectivity index (χ3v) is 4.47. The van der Waals surface area contributed by atoms with Gasteiger partial charge in [-0.05, 0) is 25.7 Å². The molecule has 1 aliphatic rings. The molecule has 0 spiro atoms. The van der Waals surface area contributed by atoms with Gasteiger partial charge < -0.3 is 5.11 Å². The summed E-state index contributed by atoms with van der Waals surface area (Å²) in [5.41, 5.74) is 0.152. The van der Waals surface area contributed by atoms with Gasteiger partial charge in [0.25, 0.3) is 0 Å². The largest absolute Gasteiger partial charge is 0.481 e. The molecule has 0 radical (unpaired) electrons. The van der Waals surface area contributed by atoms with Crippen molar-refractivity contribution >= 4 is 17.3 Å². The van der Waals surface area contributed by atoms with E-state index in [1.54, 1.807) is 25.2 Å². The van der Waals surface area contributed by atoms with Crippen molar-refractivity contribution in [2.24, 2.45) is 5.41 Å². The molecule has 0 saturated heterocycles. The van der Waals surface area contributed by atoms with Gasteiger partial charge in [0, 0.05) is 11.3 Å². The van der Waals surface area contributed by atoms with Crippen LogP contribution in [-0.4, -0.2) is 16.1 Å². The summed E-state index contributed by atoms with van der Waals surface area (Å²) in [6.07, 6.45) is 1.16. The van der Waals surface area contributed by atoms with E-state index in [2.05, 4.69) is 18.8 Å². The van der Waals surface area contributed by atoms with Crippen molar-refractivity contribution in [3.63, 3.8) is 0 Å². The lowest BCUT2D eigenvalue weighted by atomic mass is 9.90. The first-order valence-electron chi connectivity index (χ1n) is 5.44. The van der Waals surface area contributed by atoms with Gasteiger partial charge >= 0.3 is 5.97 Å². The third-order valence-electron chi connectivity index (χ3n) is 3.51. The van der Waals surface area contributed by atoms with Crippen LogP contribution < -0.4 is 0 Å². The maximum absolute atomic E-state index is 11.1. The first kappa shape index (κ1) is 11.6. The Kier molecular flexibility index (Phi) is 2.38. The highest BCUT2D eigenvalue weighted by atomic mass is 32.1. The molecule has 0 amide bonds. The van der Waals surface area contributed by atoms with Crippen LogP contribution in [0.3, 0.4) is 0 Å². The van der Waals surface area contributed by atoms with Gasteiger partial charge in [0.2, 0.25) is 0 Å². The summed E-state index contributed by atoms with van der Waals surface area (Å²) in [4.78, 5) is 15.6. The Hall–Kier alpha value is -0.900. The van der Waals surface area contributed by atoms with E-state index in [4.69, 9.17) is 5.11 Å². The molecule has 1 saturated carbocycles. The number of carboxylic acids is 1. The first-order valence-corrected chi connectivity index (χ1v) is 6.32. The number of nitrogens with zero attached hydrogens (tertiary/aromatic N) is 1. The molecule has 4 heteroatoms. The fourth-order valence-corrected chi connectivity index (χ4v) is 3.03. The van der Waals surface area contributed by atoms with Crippen LogP contribution in [0.15, 0.2) is 5.38 Å². The molecule has 1 unspecified atom stereocenters. The van der Waals surface area contributed by atoms with Gasteiger partial charge in [-0.1, -0.05) is 13.8 Å². The van der Waals surface area contributed by atoms with E-state index < -0.39 is 11.4 Å². The fourth-order valence-electron chi connectivity index (χ4n) is 1.73. The Bertz CT molecular complexity index is 434. The Morgan fingerprint density at radius 1 is 1.62 bits per heavy atom. The number of hydrogen-bond acceptors (Lipinski definition) is 3. The summed E-state index contributed by atoms with van der Waals surface area (Å²) < 4.78 is 0. The normalized spacial score (nSPS) is 23.1. The lowest BCUT2D eigenvalue weighted by Crippen LogP contribution is -2.28. The highest BCUT2D eigenvalue weighted by molar-refractivity contribution is 7.09. The van der Waals surface area contributed by atoms with E-state index in [0.29, 0.717) is 17.0 Å². The molecule has 2 rings (SSSR count). The Labute approximate surface area is 99.5 Å². The molecule has 1 heterocycles. The van der Waals surface area contributed by atoms with Gasteiger partial charge in [-0.2, -0.15) is 0 Å². The average molecular weight is 239 g/mol. The molecule has 0 aromatic carbocycles. The number of aromatic nitrogens is 1. The predicted molar refractivity (Wildman–Crippen MR) is 63.9 cm³/mol. The van der Waals surface area contributed by atoms with Crippen molar-refractivity contribution in [3.8, 4) is 0 Å². The standard InChI is InChI=1S/C12H17NO2S/c1-11(2)5-7(11)9-13-8(6-16-9)12(3,4)10(14)15/h6-7H,5H2,1-4H3,(H,14,15). The van der Waals surface area contributed by atoms with Crippen LogP contribution in [0.1, 0.15) is 50.7 Å². The maximum atomic E-state index is 11.1. The van der Waals surface area contributed by atoms with Crippen molar-refractivity contribution in [1.29, 1.82) is 0 Å². The summed E-state index contributed by atoms with van der Waals surface area (Å²) in [5.74, 6) is -0.296. The Balaban J connectivity index is 2.24. The summed E-state index contributed by atoms with van der Waals surface area (Å²) in [6, 6.07) is 0. The highest BCUT2D eigenvalue weighted by Crippen LogP contribution is 2.59. The second kappa shape index (κ2) is 3.29. The Morgan fingerprint density at radius 2 is 2.19 bits per heavy atom. The van der Waals surface area contributed by atoms with Crippen molar-refractivity contribution in [1.82, 2.24) is 4.98 Å². The number of hydrogen-bond donors (Lipinski definition) is 1. The first-order chi connectivity index (χ1) is 7.25. The molecule has 16 heavy (non-hydrogen) atoms. The molecule has 1 atom stereocenters. The average Bonchev–Trinajstić information content (AvgIpc) is 2.65. The zero-order valence-corrected chi connectivity index (χ0v) is 10.9. The molecule has 88 valence electrons. The van der Waals surface area contributed by atoms with Crippen molar-refractivity contribution in [2.45, 2.75) is 45.4 Å². The maximum Gasteiger partial charge on any atom is 0.315 e. The van der Waals surface area contributed by atoms with E-state index in [9.17, 15) is 4.79 Å². The summed E-state index contributed by atoms with van der Waals surface area (Å²) in [5, 5.41) is 12.1. The van der Waals surface area contributed by atoms with Gasteiger partial charge in [-0.25, -0.2) is 4.98 Å². The van der Waals surface area contributed by atoms with E-state index in [0.717, 1.165) is 11.4 Å². The molecule has 0 aliphatic heterocycles. The fraction of sp³-hybridized carbons (Fsp3) is 0.667. The minimum atomic E-state index is -0.881. The van der Waals surface area contributed by atoms with Gasteiger partial charge in [0.1, 0.15) is 5.41 Å². The Morgan fingerprint density at radius 3 is 2.62 bits per heavy atom. The molecule has 1 fully saturated rings. The zero-order valence-electron chi connectivity index (χ0n) is 10.1. The van der Waals surface area contributed by atoms with Gasteiger partial charge in [-0.3, -0.25) is 4.79 Å². The van der Waals surface area contributed by atoms with Crippen LogP contribution >= 0.6 is 11.3 Å². The number of thiazole rings is 1. The topological polar surface area (TPSA) is 50.2 Å². The summed E-state index contributed by atoms with van der Waals surface area (Å²) in [7, 11) is 0. The van der Waals surface area contributed by atoms with Gasteiger partial charge in [-0.15, -0.1) is 11.3 Å². The number of carboxylic acid groups (broad SMARTS) is 1. The molecule has 3 nitrogen and oxygen atoms in total. The summed E-state index contributed by atoms with van der Waals surface area (Å²) >= 11 is 1.59. The van der Waals surface area contributed by atoms with Crippen LogP contribution in [0, 0.1) is 5.41 Å². The minimum Gasteiger partial charge on any atom is -0.481 e. The molecule has 1 N–H and O–H groups in total. The lowest BCUT2D eigenvalue weighted by Gasteiger charge is -2.15. The monoisotopic (exact) mass is 239 g/mol. The molecule has 1 aromatic heterocycles. The second-order valence-corrected chi connectivity index (χ2v) is 6.64. The zero-order chi connectivity index (χ0) is 12.1. The van der Waals surface area contributed by atoms with E-state index in [1.165, 1.54) is 0 Å². The van der Waals surface area contributed by atoms with Crippen molar-refractivity contribution in [3.05, 3.63) is 16.1 Å². The summed E-state index contributed by atoms with van der Waals surface area (Å²) in [6.45, 7) is 7.85. The predicted octanol–water partition coefficient (Wildman–Crippen LogP) is 3.02. The molecule has 0 bridgehead atoms. The minimum absolute atomic E-state index is 0.350. The van der Waals surface area contributed by atoms with Crippen LogP contribution in [0.4, 0.5) is 0 Å². The quantitative estimate of drug-likeness (QED) is 0.882. The second-order valence-electron chi connectivity index (χ2n) is 5.75. The van der Waals surface area contributed by atoms with Gasteiger partial charge in [0.15, 0.2) is 0 Å². The number of aliphatic carboxylic acids is 1. The molecular formula is C12H17NO2S. The van der Waals surface area contributed by atoms with E-state index in [1.807, 2.05) is 5.38 Å². The van der Waals surface area contributed by atoms with Crippen LogP contribution in [0.5, 0.6) is 0 Å². The van der Waals surface area contributed by atoms with Crippen LogP contribution in [0.25, 0.3) is 0 Å². The van der Waals surface area contributed by atoms with Gasteiger partial charge in [0.05, 0.1) is 10.7 Å². The van der Waals surface area contributed by atoms with Crippen LogP contribution in [-0.2, 0) is 10.2 Å². The lowest BCUT2D eigenvalue weighted by molar-refractivity contribution is -0.142. The molecular weight excluding hydrogens is 222 g/mol. The highest BCUT2D eigenvalue weighted by Gasteiger charge is 2.48. The smallest absolute Gasteiger partial charge is 0.315 e. The van der Waals surface area contributed by atoms with Crippen molar-refractivity contribution < 1.29 is 9.90 Å².